The zero-order chi connectivity index (χ0) is 19.9. The SMILES string of the molecule is CCc1ccc(-c2csc(NC(=O)CCc3ccc(OC)c(OC)c3)n2)cc1. The number of methoxy groups -OCH3 is 2. The van der Waals surface area contributed by atoms with Gasteiger partial charge in [-0.15, -0.1) is 11.3 Å². The van der Waals surface area contributed by atoms with E-state index in [0.29, 0.717) is 29.5 Å². The van der Waals surface area contributed by atoms with Gasteiger partial charge >= 0.3 is 0 Å². The monoisotopic (exact) mass is 396 g/mol. The molecule has 3 aromatic rings. The van der Waals surface area contributed by atoms with Gasteiger partial charge in [-0.2, -0.15) is 0 Å². The van der Waals surface area contributed by atoms with Crippen molar-refractivity contribution in [2.75, 3.05) is 19.5 Å². The Balaban J connectivity index is 1.57. The first-order valence-electron chi connectivity index (χ1n) is 9.18. The number of aromatic nitrogens is 1. The lowest BCUT2D eigenvalue weighted by Crippen LogP contribution is -2.12. The van der Waals surface area contributed by atoms with E-state index in [1.165, 1.54) is 16.9 Å². The molecule has 6 heteroatoms. The summed E-state index contributed by atoms with van der Waals surface area (Å²) in [7, 11) is 3.20. The summed E-state index contributed by atoms with van der Waals surface area (Å²) in [5, 5.41) is 5.47. The predicted molar refractivity (Wildman–Crippen MR) is 113 cm³/mol. The van der Waals surface area contributed by atoms with Crippen LogP contribution in [0.1, 0.15) is 24.5 Å². The topological polar surface area (TPSA) is 60.5 Å². The van der Waals surface area contributed by atoms with Gasteiger partial charge in [0.05, 0.1) is 19.9 Å². The van der Waals surface area contributed by atoms with E-state index in [9.17, 15) is 4.79 Å². The molecule has 0 saturated carbocycles. The van der Waals surface area contributed by atoms with E-state index >= 15 is 0 Å². The molecule has 28 heavy (non-hydrogen) atoms. The lowest BCUT2D eigenvalue weighted by Gasteiger charge is -2.09. The highest BCUT2D eigenvalue weighted by Gasteiger charge is 2.10. The molecule has 0 radical (unpaired) electrons. The van der Waals surface area contributed by atoms with Gasteiger partial charge in [-0.25, -0.2) is 4.98 Å². The van der Waals surface area contributed by atoms with Crippen LogP contribution >= 0.6 is 11.3 Å². The van der Waals surface area contributed by atoms with Crippen LogP contribution in [0.5, 0.6) is 11.5 Å². The van der Waals surface area contributed by atoms with Gasteiger partial charge in [0, 0.05) is 17.4 Å². The summed E-state index contributed by atoms with van der Waals surface area (Å²) >= 11 is 1.44. The summed E-state index contributed by atoms with van der Waals surface area (Å²) in [6, 6.07) is 14.0. The quantitative estimate of drug-likeness (QED) is 0.584. The summed E-state index contributed by atoms with van der Waals surface area (Å²) in [5.74, 6) is 1.29. The van der Waals surface area contributed by atoms with Crippen LogP contribution in [-0.4, -0.2) is 25.1 Å². The van der Waals surface area contributed by atoms with Gasteiger partial charge in [0.15, 0.2) is 16.6 Å². The van der Waals surface area contributed by atoms with Gasteiger partial charge in [-0.3, -0.25) is 4.79 Å². The smallest absolute Gasteiger partial charge is 0.226 e. The van der Waals surface area contributed by atoms with Crippen molar-refractivity contribution in [1.29, 1.82) is 0 Å². The number of carbonyl (C=O) groups excluding carboxylic acids is 1. The highest BCUT2D eigenvalue weighted by atomic mass is 32.1. The summed E-state index contributed by atoms with van der Waals surface area (Å²) in [4.78, 5) is 16.8. The Kier molecular flexibility index (Phi) is 6.66. The number of carbonyl (C=O) groups is 1. The Morgan fingerprint density at radius 1 is 1.04 bits per heavy atom. The standard InChI is InChI=1S/C22H24N2O3S/c1-4-15-5-9-17(10-6-15)18-14-28-22(23-18)24-21(25)12-8-16-7-11-19(26-2)20(13-16)27-3/h5-7,9-11,13-14H,4,8,12H2,1-3H3,(H,23,24,25). The molecule has 5 nitrogen and oxygen atoms in total. The molecule has 0 bridgehead atoms. The highest BCUT2D eigenvalue weighted by Crippen LogP contribution is 2.28. The number of hydrogen-bond donors (Lipinski definition) is 1. The summed E-state index contributed by atoms with van der Waals surface area (Å²) < 4.78 is 10.5. The molecule has 0 spiro atoms. The average Bonchev–Trinajstić information content (AvgIpc) is 3.20. The maximum atomic E-state index is 12.3. The zero-order valence-corrected chi connectivity index (χ0v) is 17.1. The normalized spacial score (nSPS) is 10.5. The molecule has 0 aliphatic carbocycles. The van der Waals surface area contributed by atoms with Gasteiger partial charge in [-0.1, -0.05) is 37.3 Å². The highest BCUT2D eigenvalue weighted by molar-refractivity contribution is 7.14. The second-order valence-corrected chi connectivity index (χ2v) is 7.18. The van der Waals surface area contributed by atoms with Crippen LogP contribution < -0.4 is 14.8 Å². The van der Waals surface area contributed by atoms with Gasteiger partial charge in [0.25, 0.3) is 0 Å². The number of aryl methyl sites for hydroxylation is 2. The van der Waals surface area contributed by atoms with Crippen molar-refractivity contribution in [3.63, 3.8) is 0 Å². The fourth-order valence-corrected chi connectivity index (χ4v) is 3.59. The first-order valence-corrected chi connectivity index (χ1v) is 10.1. The Bertz CT molecular complexity index is 935. The van der Waals surface area contributed by atoms with Crippen molar-refractivity contribution in [3.8, 4) is 22.8 Å². The van der Waals surface area contributed by atoms with Crippen LogP contribution in [-0.2, 0) is 17.6 Å². The molecule has 1 N–H and O–H groups in total. The second kappa shape index (κ2) is 9.37. The van der Waals surface area contributed by atoms with Crippen molar-refractivity contribution in [3.05, 3.63) is 59.0 Å². The number of hydrogen-bond acceptors (Lipinski definition) is 5. The molecule has 146 valence electrons. The minimum Gasteiger partial charge on any atom is -0.493 e. The molecule has 3 rings (SSSR count). The number of amides is 1. The van der Waals surface area contributed by atoms with E-state index in [1.54, 1.807) is 14.2 Å². The average molecular weight is 397 g/mol. The Hall–Kier alpha value is -2.86. The predicted octanol–water partition coefficient (Wildman–Crippen LogP) is 4.96. The molecule has 0 atom stereocenters. The van der Waals surface area contributed by atoms with Gasteiger partial charge < -0.3 is 14.8 Å². The Morgan fingerprint density at radius 2 is 1.75 bits per heavy atom. The largest absolute Gasteiger partial charge is 0.493 e. The van der Waals surface area contributed by atoms with Crippen LogP contribution in [0, 0.1) is 0 Å². The Morgan fingerprint density at radius 3 is 2.43 bits per heavy atom. The number of thiazole rings is 1. The van der Waals surface area contributed by atoms with E-state index in [4.69, 9.17) is 9.47 Å². The number of nitrogens with one attached hydrogen (secondary N) is 1. The van der Waals surface area contributed by atoms with Crippen molar-refractivity contribution in [2.24, 2.45) is 0 Å². The Labute approximate surface area is 169 Å². The fraction of sp³-hybridized carbons (Fsp3) is 0.273. The van der Waals surface area contributed by atoms with E-state index < -0.39 is 0 Å². The minimum atomic E-state index is -0.0583. The second-order valence-electron chi connectivity index (χ2n) is 6.33. The zero-order valence-electron chi connectivity index (χ0n) is 16.3. The van der Waals surface area contributed by atoms with Crippen LogP contribution in [0.25, 0.3) is 11.3 Å². The number of ether oxygens (including phenoxy) is 2. The van der Waals surface area contributed by atoms with Crippen LogP contribution in [0.15, 0.2) is 47.8 Å². The van der Waals surface area contributed by atoms with E-state index in [0.717, 1.165) is 23.2 Å². The molecular weight excluding hydrogens is 372 g/mol. The summed E-state index contributed by atoms with van der Waals surface area (Å²) in [6.45, 7) is 2.13. The maximum absolute atomic E-state index is 12.3. The van der Waals surface area contributed by atoms with Crippen LogP contribution in [0.2, 0.25) is 0 Å². The van der Waals surface area contributed by atoms with Crippen LogP contribution in [0.4, 0.5) is 5.13 Å². The molecule has 1 aromatic heterocycles. The summed E-state index contributed by atoms with van der Waals surface area (Å²) in [5.41, 5.74) is 4.24. The van der Waals surface area contributed by atoms with E-state index in [2.05, 4.69) is 41.5 Å². The molecular formula is C22H24N2O3S. The number of nitrogens with zero attached hydrogens (tertiary/aromatic N) is 1. The molecule has 2 aromatic carbocycles. The molecule has 0 fully saturated rings. The number of rotatable bonds is 8. The van der Waals surface area contributed by atoms with Crippen molar-refractivity contribution in [2.45, 2.75) is 26.2 Å². The van der Waals surface area contributed by atoms with Crippen molar-refractivity contribution in [1.82, 2.24) is 4.98 Å². The van der Waals surface area contributed by atoms with Crippen LogP contribution in [0.3, 0.4) is 0 Å². The molecule has 1 amide bonds. The molecule has 0 unspecified atom stereocenters. The van der Waals surface area contributed by atoms with E-state index in [-0.39, 0.29) is 5.91 Å². The number of anilines is 1. The fourth-order valence-electron chi connectivity index (χ4n) is 2.85. The lowest BCUT2D eigenvalue weighted by molar-refractivity contribution is -0.116. The molecule has 0 aliphatic heterocycles. The van der Waals surface area contributed by atoms with Gasteiger partial charge in [0.2, 0.25) is 5.91 Å². The van der Waals surface area contributed by atoms with E-state index in [1.807, 2.05) is 23.6 Å². The lowest BCUT2D eigenvalue weighted by atomic mass is 10.1. The van der Waals surface area contributed by atoms with Gasteiger partial charge in [-0.05, 0) is 36.1 Å². The third-order valence-corrected chi connectivity index (χ3v) is 5.25. The maximum Gasteiger partial charge on any atom is 0.226 e. The van der Waals surface area contributed by atoms with Crippen molar-refractivity contribution < 1.29 is 14.3 Å². The van der Waals surface area contributed by atoms with Gasteiger partial charge in [0.1, 0.15) is 0 Å². The summed E-state index contributed by atoms with van der Waals surface area (Å²) in [6.07, 6.45) is 2.00. The first-order chi connectivity index (χ1) is 13.6. The third kappa shape index (κ3) is 4.89. The van der Waals surface area contributed by atoms with Crippen molar-refractivity contribution >= 4 is 22.4 Å². The first kappa shape index (κ1) is 19.9. The molecule has 0 saturated heterocycles. The third-order valence-electron chi connectivity index (χ3n) is 4.50. The number of benzene rings is 2. The molecule has 0 aliphatic rings. The molecule has 1 heterocycles. The minimum absolute atomic E-state index is 0.0583.